The maximum Gasteiger partial charge on any atom is 0.253 e. The zero-order valence-corrected chi connectivity index (χ0v) is 15.0. The van der Waals surface area contributed by atoms with E-state index in [0.29, 0.717) is 24.3 Å². The van der Waals surface area contributed by atoms with Crippen LogP contribution >= 0.6 is 0 Å². The molecule has 2 rings (SSSR count). The van der Waals surface area contributed by atoms with Crippen molar-refractivity contribution in [2.24, 2.45) is 0 Å². The van der Waals surface area contributed by atoms with E-state index in [1.807, 2.05) is 26.0 Å². The second-order valence-corrected chi connectivity index (χ2v) is 5.43. The van der Waals surface area contributed by atoms with Crippen molar-refractivity contribution in [3.63, 3.8) is 0 Å². The van der Waals surface area contributed by atoms with Crippen LogP contribution in [0.1, 0.15) is 34.6 Å². The zero-order chi connectivity index (χ0) is 18.8. The third kappa shape index (κ3) is 5.68. The monoisotopic (exact) mass is 356 g/mol. The lowest BCUT2D eigenvalue weighted by Crippen LogP contribution is -2.54. The zero-order valence-electron chi connectivity index (χ0n) is 15.0. The molecule has 2 amide bonds. The van der Waals surface area contributed by atoms with Gasteiger partial charge in [0.15, 0.2) is 12.5 Å². The lowest BCUT2D eigenvalue weighted by molar-refractivity contribution is -0.0874. The second-order valence-electron chi connectivity index (χ2n) is 5.43. The number of hydrogen-bond donors (Lipinski definition) is 2. The van der Waals surface area contributed by atoms with E-state index >= 15 is 0 Å². The van der Waals surface area contributed by atoms with Gasteiger partial charge in [0, 0.05) is 24.3 Å². The molecule has 0 aromatic heterocycles. The van der Waals surface area contributed by atoms with Crippen LogP contribution in [0.25, 0.3) is 0 Å². The number of amides is 2. The summed E-state index contributed by atoms with van der Waals surface area (Å²) in [7, 11) is 0. The highest BCUT2D eigenvalue weighted by Crippen LogP contribution is 2.06. The van der Waals surface area contributed by atoms with Gasteiger partial charge < -0.3 is 20.1 Å². The van der Waals surface area contributed by atoms with Crippen LogP contribution in [0.3, 0.4) is 0 Å². The third-order valence-electron chi connectivity index (χ3n) is 3.59. The maximum atomic E-state index is 12.4. The minimum atomic E-state index is -0.819. The fourth-order valence-electron chi connectivity index (χ4n) is 2.37. The Morgan fingerprint density at radius 3 is 1.38 bits per heavy atom. The minimum Gasteiger partial charge on any atom is -0.354 e. The highest BCUT2D eigenvalue weighted by Gasteiger charge is 2.26. The highest BCUT2D eigenvalue weighted by molar-refractivity contribution is 5.95. The summed E-state index contributed by atoms with van der Waals surface area (Å²) in [6, 6.07) is 17.6. The van der Waals surface area contributed by atoms with Gasteiger partial charge in [-0.25, -0.2) is 0 Å². The standard InChI is InChI=1S/C20H24N2O4/c1-3-25-19(21-17(23)15-11-7-5-8-12-15)20(26-4-2)22-18(24)16-13-9-6-10-14-16/h5-14,19-20H,3-4H2,1-2H3,(H,21,23)(H,22,24)/t19-,20-/m0/s1. The molecular weight excluding hydrogens is 332 g/mol. The summed E-state index contributed by atoms with van der Waals surface area (Å²) in [6.07, 6.45) is -1.64. The predicted molar refractivity (Wildman–Crippen MR) is 98.6 cm³/mol. The molecule has 6 heteroatoms. The van der Waals surface area contributed by atoms with E-state index in [4.69, 9.17) is 9.47 Å². The van der Waals surface area contributed by atoms with Crippen molar-refractivity contribution in [1.82, 2.24) is 10.6 Å². The quantitative estimate of drug-likeness (QED) is 0.677. The topological polar surface area (TPSA) is 76.7 Å². The Morgan fingerprint density at radius 1 is 0.731 bits per heavy atom. The normalized spacial score (nSPS) is 12.8. The molecule has 0 fully saturated rings. The van der Waals surface area contributed by atoms with Gasteiger partial charge in [0.2, 0.25) is 0 Å². The van der Waals surface area contributed by atoms with Gasteiger partial charge in [0.05, 0.1) is 0 Å². The lowest BCUT2D eigenvalue weighted by Gasteiger charge is -2.28. The van der Waals surface area contributed by atoms with Crippen LogP contribution in [0, 0.1) is 0 Å². The number of nitrogens with one attached hydrogen (secondary N) is 2. The van der Waals surface area contributed by atoms with Gasteiger partial charge in [-0.05, 0) is 38.1 Å². The summed E-state index contributed by atoms with van der Waals surface area (Å²) in [5.74, 6) is -0.606. The Bertz CT molecular complexity index is 630. The van der Waals surface area contributed by atoms with Crippen molar-refractivity contribution in [1.29, 1.82) is 0 Å². The molecule has 2 aromatic rings. The highest BCUT2D eigenvalue weighted by atomic mass is 16.6. The minimum absolute atomic E-state index is 0.303. The molecule has 2 atom stereocenters. The Balaban J connectivity index is 2.11. The van der Waals surface area contributed by atoms with E-state index in [-0.39, 0.29) is 11.8 Å². The molecule has 138 valence electrons. The van der Waals surface area contributed by atoms with Crippen molar-refractivity contribution in [2.45, 2.75) is 26.3 Å². The largest absolute Gasteiger partial charge is 0.354 e. The molecule has 0 saturated heterocycles. The summed E-state index contributed by atoms with van der Waals surface area (Å²) in [4.78, 5) is 24.9. The molecule has 6 nitrogen and oxygen atoms in total. The molecule has 0 saturated carbocycles. The lowest BCUT2D eigenvalue weighted by atomic mass is 10.2. The van der Waals surface area contributed by atoms with E-state index in [1.165, 1.54) is 0 Å². The molecule has 0 heterocycles. The molecule has 0 aliphatic heterocycles. The summed E-state index contributed by atoms with van der Waals surface area (Å²) in [5.41, 5.74) is 1.00. The maximum absolute atomic E-state index is 12.4. The van der Waals surface area contributed by atoms with Gasteiger partial charge in [-0.15, -0.1) is 0 Å². The summed E-state index contributed by atoms with van der Waals surface area (Å²) < 4.78 is 11.2. The second kappa shape index (κ2) is 10.3. The van der Waals surface area contributed by atoms with Crippen molar-refractivity contribution >= 4 is 11.8 Å². The number of hydrogen-bond acceptors (Lipinski definition) is 4. The molecule has 0 spiro atoms. The average molecular weight is 356 g/mol. The Hall–Kier alpha value is -2.70. The van der Waals surface area contributed by atoms with Crippen molar-refractivity contribution in [2.75, 3.05) is 13.2 Å². The van der Waals surface area contributed by atoms with Crippen molar-refractivity contribution in [3.05, 3.63) is 71.8 Å². The molecular formula is C20H24N2O4. The fourth-order valence-corrected chi connectivity index (χ4v) is 2.37. The molecule has 2 N–H and O–H groups in total. The van der Waals surface area contributed by atoms with Crippen LogP contribution in [0.4, 0.5) is 0 Å². The van der Waals surface area contributed by atoms with E-state index < -0.39 is 12.5 Å². The van der Waals surface area contributed by atoms with Gasteiger partial charge in [-0.2, -0.15) is 0 Å². The first kappa shape index (κ1) is 19.6. The summed E-state index contributed by atoms with van der Waals surface area (Å²) in [6.45, 7) is 4.32. The van der Waals surface area contributed by atoms with Gasteiger partial charge in [-0.3, -0.25) is 9.59 Å². The van der Waals surface area contributed by atoms with Crippen LogP contribution in [0.15, 0.2) is 60.7 Å². The number of carbonyl (C=O) groups excluding carboxylic acids is 2. The molecule has 0 unspecified atom stereocenters. The smallest absolute Gasteiger partial charge is 0.253 e. The van der Waals surface area contributed by atoms with Gasteiger partial charge in [0.25, 0.3) is 11.8 Å². The Kier molecular flexibility index (Phi) is 7.79. The summed E-state index contributed by atoms with van der Waals surface area (Å²) >= 11 is 0. The van der Waals surface area contributed by atoms with Crippen molar-refractivity contribution in [3.8, 4) is 0 Å². The average Bonchev–Trinajstić information content (AvgIpc) is 2.68. The Morgan fingerprint density at radius 2 is 1.08 bits per heavy atom. The molecule has 0 aliphatic carbocycles. The number of ether oxygens (including phenoxy) is 2. The van der Waals surface area contributed by atoms with Crippen LogP contribution in [0.5, 0.6) is 0 Å². The molecule has 0 aliphatic rings. The van der Waals surface area contributed by atoms with E-state index in [1.54, 1.807) is 48.5 Å². The molecule has 2 aromatic carbocycles. The Labute approximate surface area is 153 Å². The van der Waals surface area contributed by atoms with E-state index in [0.717, 1.165) is 0 Å². The van der Waals surface area contributed by atoms with Crippen LogP contribution in [0.2, 0.25) is 0 Å². The van der Waals surface area contributed by atoms with Crippen LogP contribution < -0.4 is 10.6 Å². The number of benzene rings is 2. The first-order valence-corrected chi connectivity index (χ1v) is 8.60. The van der Waals surface area contributed by atoms with Crippen LogP contribution in [-0.2, 0) is 9.47 Å². The SMILES string of the molecule is CCO[C@H](NC(=O)c1ccccc1)[C@@H](NC(=O)c1ccccc1)OCC. The number of rotatable bonds is 9. The first-order valence-electron chi connectivity index (χ1n) is 8.60. The number of carbonyl (C=O) groups is 2. The van der Waals surface area contributed by atoms with Crippen LogP contribution in [-0.4, -0.2) is 37.5 Å². The van der Waals surface area contributed by atoms with Gasteiger partial charge in [-0.1, -0.05) is 36.4 Å². The first-order chi connectivity index (χ1) is 12.7. The molecule has 0 bridgehead atoms. The molecule has 0 radical (unpaired) electrons. The fraction of sp³-hybridized carbons (Fsp3) is 0.300. The summed E-state index contributed by atoms with van der Waals surface area (Å²) in [5, 5.41) is 5.55. The van der Waals surface area contributed by atoms with Gasteiger partial charge in [0.1, 0.15) is 0 Å². The molecule has 26 heavy (non-hydrogen) atoms. The van der Waals surface area contributed by atoms with E-state index in [2.05, 4.69) is 10.6 Å². The van der Waals surface area contributed by atoms with E-state index in [9.17, 15) is 9.59 Å². The van der Waals surface area contributed by atoms with Crippen molar-refractivity contribution < 1.29 is 19.1 Å². The third-order valence-corrected chi connectivity index (χ3v) is 3.59. The van der Waals surface area contributed by atoms with Gasteiger partial charge >= 0.3 is 0 Å². The predicted octanol–water partition coefficient (Wildman–Crippen LogP) is 2.57.